The van der Waals surface area contributed by atoms with E-state index in [0.717, 1.165) is 4.57 Å². The fourth-order valence-electron chi connectivity index (χ4n) is 2.19. The van der Waals surface area contributed by atoms with E-state index >= 15 is 0 Å². The van der Waals surface area contributed by atoms with Gasteiger partial charge < -0.3 is 35.2 Å². The Bertz CT molecular complexity index is 951. The number of aliphatic hydroxyl groups excluding tert-OH is 1. The second-order valence-electron chi connectivity index (χ2n) is 5.48. The Labute approximate surface area is 167 Å². The maximum absolute atomic E-state index is 11.9. The zero-order valence-electron chi connectivity index (χ0n) is 13.9. The number of ether oxygens (including phenoxy) is 1. The Morgan fingerprint density at radius 2 is 1.83 bits per heavy atom. The van der Waals surface area contributed by atoms with Crippen LogP contribution in [0.1, 0.15) is 6.23 Å². The SMILES string of the molecule is Nc1ccn([C@@H]2O[C@H](COP(=O)(O)OP(=O)(O)OP(=O)(O)O)[C@@H](S)[C@@H]2O)c(=O)n1. The van der Waals surface area contributed by atoms with Crippen molar-refractivity contribution >= 4 is 41.9 Å². The molecule has 1 saturated heterocycles. The molecule has 0 radical (unpaired) electrons. The van der Waals surface area contributed by atoms with Gasteiger partial charge in [0.1, 0.15) is 11.9 Å². The molecule has 1 aromatic rings. The van der Waals surface area contributed by atoms with Gasteiger partial charge in [-0.25, -0.2) is 18.5 Å². The molecule has 16 nitrogen and oxygen atoms in total. The van der Waals surface area contributed by atoms with Gasteiger partial charge in [-0.3, -0.25) is 9.09 Å². The average Bonchev–Trinajstić information content (AvgIpc) is 2.78. The number of phosphoric ester groups is 1. The van der Waals surface area contributed by atoms with Crippen molar-refractivity contribution in [3.8, 4) is 0 Å². The third-order valence-corrected chi connectivity index (χ3v) is 7.72. The van der Waals surface area contributed by atoms with Crippen molar-refractivity contribution in [1.82, 2.24) is 9.55 Å². The summed E-state index contributed by atoms with van der Waals surface area (Å²) in [6.07, 6.45) is -2.76. The van der Waals surface area contributed by atoms with E-state index in [4.69, 9.17) is 25.2 Å². The summed E-state index contributed by atoms with van der Waals surface area (Å²) >= 11 is 4.06. The van der Waals surface area contributed by atoms with Gasteiger partial charge in [-0.15, -0.1) is 0 Å². The van der Waals surface area contributed by atoms with Crippen LogP contribution >= 0.6 is 36.1 Å². The molecule has 1 aliphatic heterocycles. The Morgan fingerprint density at radius 3 is 2.38 bits per heavy atom. The minimum Gasteiger partial charge on any atom is -0.387 e. The van der Waals surface area contributed by atoms with Crippen molar-refractivity contribution in [2.75, 3.05) is 12.3 Å². The summed E-state index contributed by atoms with van der Waals surface area (Å²) in [4.78, 5) is 50.8. The molecule has 0 amide bonds. The second-order valence-corrected chi connectivity index (χ2v) is 10.5. The van der Waals surface area contributed by atoms with E-state index in [2.05, 4.69) is 30.8 Å². The predicted octanol–water partition coefficient (Wildman–Crippen LogP) is -1.27. The molecule has 2 unspecified atom stereocenters. The summed E-state index contributed by atoms with van der Waals surface area (Å²) in [7, 11) is -16.6. The molecule has 0 saturated carbocycles. The van der Waals surface area contributed by atoms with Crippen LogP contribution in [-0.4, -0.2) is 58.3 Å². The summed E-state index contributed by atoms with van der Waals surface area (Å²) in [5, 5.41) is 9.13. The van der Waals surface area contributed by atoms with Gasteiger partial charge in [-0.1, -0.05) is 0 Å². The Morgan fingerprint density at radius 1 is 1.21 bits per heavy atom. The number of thiol groups is 1. The number of rotatable bonds is 8. The monoisotopic (exact) mass is 499 g/mol. The molecule has 0 aromatic carbocycles. The lowest BCUT2D eigenvalue weighted by molar-refractivity contribution is -0.0523. The topological polar surface area (TPSA) is 250 Å². The van der Waals surface area contributed by atoms with Crippen LogP contribution in [0.5, 0.6) is 0 Å². The molecular formula is C9H16N3O13P3S. The number of hydrogen-bond acceptors (Lipinski definition) is 12. The zero-order valence-corrected chi connectivity index (χ0v) is 17.5. The summed E-state index contributed by atoms with van der Waals surface area (Å²) < 4.78 is 51.4. The van der Waals surface area contributed by atoms with Gasteiger partial charge in [0.15, 0.2) is 6.23 Å². The molecule has 2 rings (SSSR count). The summed E-state index contributed by atoms with van der Waals surface area (Å²) in [6, 6.07) is 1.25. The minimum absolute atomic E-state index is 0.0784. The van der Waals surface area contributed by atoms with Gasteiger partial charge in [0.2, 0.25) is 0 Å². The van der Waals surface area contributed by atoms with Gasteiger partial charge in [0.05, 0.1) is 18.0 Å². The molecule has 1 aromatic heterocycles. The molecule has 7 N–H and O–H groups in total. The van der Waals surface area contributed by atoms with Gasteiger partial charge in [0, 0.05) is 6.20 Å². The van der Waals surface area contributed by atoms with Gasteiger partial charge in [0.25, 0.3) is 0 Å². The third kappa shape index (κ3) is 6.94. The van der Waals surface area contributed by atoms with E-state index in [1.165, 1.54) is 12.3 Å². The van der Waals surface area contributed by atoms with Crippen LogP contribution in [0, 0.1) is 0 Å². The molecule has 20 heteroatoms. The van der Waals surface area contributed by atoms with Crippen LogP contribution in [0.25, 0.3) is 0 Å². The van der Waals surface area contributed by atoms with E-state index in [0.29, 0.717) is 0 Å². The molecule has 0 spiro atoms. The van der Waals surface area contributed by atoms with E-state index < -0.39 is 59.5 Å². The van der Waals surface area contributed by atoms with Gasteiger partial charge in [-0.2, -0.15) is 26.2 Å². The number of nitrogens with two attached hydrogens (primary N) is 1. The first kappa shape index (κ1) is 24.6. The molecule has 29 heavy (non-hydrogen) atoms. The first-order valence-electron chi connectivity index (χ1n) is 7.25. The van der Waals surface area contributed by atoms with Crippen LogP contribution < -0.4 is 11.4 Å². The normalized spacial score (nSPS) is 29.3. The number of aromatic nitrogens is 2. The molecule has 0 bridgehead atoms. The van der Waals surface area contributed by atoms with Crippen molar-refractivity contribution < 1.29 is 56.3 Å². The molecule has 0 aliphatic carbocycles. The number of hydrogen-bond donors (Lipinski definition) is 7. The second kappa shape index (κ2) is 8.85. The molecule has 1 fully saturated rings. The average molecular weight is 499 g/mol. The maximum Gasteiger partial charge on any atom is 0.490 e. The minimum atomic E-state index is -5.67. The van der Waals surface area contributed by atoms with Crippen molar-refractivity contribution in [3.05, 3.63) is 22.7 Å². The van der Waals surface area contributed by atoms with Crippen molar-refractivity contribution in [2.45, 2.75) is 23.7 Å². The Kier molecular flexibility index (Phi) is 7.51. The van der Waals surface area contributed by atoms with Crippen LogP contribution in [0.3, 0.4) is 0 Å². The molecule has 2 heterocycles. The van der Waals surface area contributed by atoms with Crippen molar-refractivity contribution in [2.24, 2.45) is 0 Å². The fraction of sp³-hybridized carbons (Fsp3) is 0.556. The lowest BCUT2D eigenvalue weighted by atomic mass is 10.2. The molecule has 1 aliphatic rings. The zero-order chi connectivity index (χ0) is 22.2. The lowest BCUT2D eigenvalue weighted by Gasteiger charge is -2.19. The highest BCUT2D eigenvalue weighted by molar-refractivity contribution is 7.81. The van der Waals surface area contributed by atoms with Crippen LogP contribution in [0.4, 0.5) is 5.82 Å². The lowest BCUT2D eigenvalue weighted by Crippen LogP contribution is -2.34. The number of nitrogen functional groups attached to an aromatic ring is 1. The first-order chi connectivity index (χ1) is 13.1. The highest BCUT2D eigenvalue weighted by atomic mass is 32.1. The highest BCUT2D eigenvalue weighted by Gasteiger charge is 2.46. The van der Waals surface area contributed by atoms with Gasteiger partial charge >= 0.3 is 29.2 Å². The quantitative estimate of drug-likeness (QED) is 0.163. The summed E-state index contributed by atoms with van der Waals surface area (Å²) in [5.74, 6) is -0.0784. The number of anilines is 1. The van der Waals surface area contributed by atoms with Crippen LogP contribution in [-0.2, 0) is 31.6 Å². The van der Waals surface area contributed by atoms with Gasteiger partial charge in [-0.05, 0) is 6.07 Å². The predicted molar refractivity (Wildman–Crippen MR) is 95.4 cm³/mol. The standard InChI is InChI=1S/C9H16N3O13P3S/c10-5-1-2-12(9(14)11-5)8-6(13)7(29)4(23-8)3-22-27(18,19)25-28(20,21)24-26(15,16)17/h1-2,4,6-8,13,29H,3H2,(H,18,19)(H,20,21)(H2,10,11,14)(H2,15,16,17)/t4-,6+,7-,8-/m1/s1. The fourth-order valence-corrected chi connectivity index (χ4v) is 5.52. The highest BCUT2D eigenvalue weighted by Crippen LogP contribution is 2.66. The molecule has 6 atom stereocenters. The number of phosphoric acid groups is 3. The maximum atomic E-state index is 11.9. The van der Waals surface area contributed by atoms with Crippen molar-refractivity contribution in [1.29, 1.82) is 0 Å². The smallest absolute Gasteiger partial charge is 0.387 e. The Hall–Kier alpha value is -0.640. The third-order valence-electron chi connectivity index (χ3n) is 3.28. The van der Waals surface area contributed by atoms with E-state index in [1.807, 2.05) is 0 Å². The largest absolute Gasteiger partial charge is 0.490 e. The summed E-state index contributed by atoms with van der Waals surface area (Å²) in [5.41, 5.74) is 4.50. The number of nitrogens with zero attached hydrogens (tertiary/aromatic N) is 2. The van der Waals surface area contributed by atoms with Crippen LogP contribution in [0.2, 0.25) is 0 Å². The number of aliphatic hydroxyl groups is 1. The van der Waals surface area contributed by atoms with E-state index in [9.17, 15) is 28.5 Å². The van der Waals surface area contributed by atoms with E-state index in [-0.39, 0.29) is 5.82 Å². The van der Waals surface area contributed by atoms with Crippen LogP contribution in [0.15, 0.2) is 17.1 Å². The molecular weight excluding hydrogens is 483 g/mol. The Balaban J connectivity index is 2.05. The first-order valence-corrected chi connectivity index (χ1v) is 12.3. The van der Waals surface area contributed by atoms with E-state index in [1.54, 1.807) is 0 Å². The molecule has 166 valence electrons. The summed E-state index contributed by atoms with van der Waals surface area (Å²) in [6.45, 7) is -0.845. The van der Waals surface area contributed by atoms with Crippen molar-refractivity contribution in [3.63, 3.8) is 0 Å².